The zero-order valence-corrected chi connectivity index (χ0v) is 13.2. The zero-order valence-electron chi connectivity index (χ0n) is 11.7. The van der Waals surface area contributed by atoms with Crippen molar-refractivity contribution in [2.75, 3.05) is 5.73 Å². The highest BCUT2D eigenvalue weighted by atomic mass is 79.9. The van der Waals surface area contributed by atoms with Crippen LogP contribution in [0.25, 0.3) is 11.1 Å². The summed E-state index contributed by atoms with van der Waals surface area (Å²) in [6, 6.07) is 8.18. The Bertz CT molecular complexity index is 597. The average molecular weight is 335 g/mol. The van der Waals surface area contributed by atoms with Gasteiger partial charge in [0, 0.05) is 9.89 Å². The highest BCUT2D eigenvalue weighted by Crippen LogP contribution is 2.48. The normalized spacial score (nSPS) is 17.5. The maximum absolute atomic E-state index is 6.05. The lowest BCUT2D eigenvalue weighted by Gasteiger charge is -2.25. The fourth-order valence-corrected chi connectivity index (χ4v) is 3.63. The Balaban J connectivity index is 2.12. The van der Waals surface area contributed by atoms with Crippen LogP contribution in [0.1, 0.15) is 44.7 Å². The third kappa shape index (κ3) is 2.16. The van der Waals surface area contributed by atoms with Gasteiger partial charge in [-0.1, -0.05) is 53.0 Å². The molecular formula is C16H19BrN2O. The van der Waals surface area contributed by atoms with E-state index in [2.05, 4.69) is 40.1 Å². The predicted molar refractivity (Wildman–Crippen MR) is 84.5 cm³/mol. The maximum Gasteiger partial charge on any atom is 0.230 e. The molecule has 0 saturated heterocycles. The van der Waals surface area contributed by atoms with Gasteiger partial charge in [-0.2, -0.15) is 0 Å². The highest BCUT2D eigenvalue weighted by Gasteiger charge is 2.39. The summed E-state index contributed by atoms with van der Waals surface area (Å²) in [6.45, 7) is 2.24. The molecule has 2 aromatic rings. The first kappa shape index (κ1) is 13.7. The van der Waals surface area contributed by atoms with E-state index in [1.807, 2.05) is 12.1 Å². The Morgan fingerprint density at radius 1 is 1.25 bits per heavy atom. The van der Waals surface area contributed by atoms with E-state index in [1.54, 1.807) is 0 Å². The minimum absolute atomic E-state index is 0.142. The number of hydrogen-bond acceptors (Lipinski definition) is 3. The van der Waals surface area contributed by atoms with Crippen molar-refractivity contribution in [3.8, 4) is 11.1 Å². The van der Waals surface area contributed by atoms with Gasteiger partial charge in [0.1, 0.15) is 0 Å². The van der Waals surface area contributed by atoms with Crippen molar-refractivity contribution >= 4 is 21.8 Å². The van der Waals surface area contributed by atoms with Crippen LogP contribution >= 0.6 is 15.9 Å². The Hall–Kier alpha value is -1.29. The minimum atomic E-state index is 0.142. The van der Waals surface area contributed by atoms with Crippen molar-refractivity contribution in [1.82, 2.24) is 5.16 Å². The molecule has 0 radical (unpaired) electrons. The summed E-state index contributed by atoms with van der Waals surface area (Å²) in [6.07, 6.45) is 5.97. The van der Waals surface area contributed by atoms with Crippen LogP contribution in [0.3, 0.4) is 0 Å². The number of anilines is 1. The van der Waals surface area contributed by atoms with Gasteiger partial charge in [-0.25, -0.2) is 0 Å². The molecular weight excluding hydrogens is 316 g/mol. The standard InChI is InChI=1S/C16H19BrN2O/c1-2-16(9-3-4-10-16)14-13(15(18)20-19-14)11-5-7-12(17)8-6-11/h5-8H,2-4,9-10,18H2,1H3. The molecule has 1 heterocycles. The molecule has 0 aliphatic heterocycles. The van der Waals surface area contributed by atoms with Gasteiger partial charge >= 0.3 is 0 Å². The molecule has 0 amide bonds. The van der Waals surface area contributed by atoms with Gasteiger partial charge in [0.15, 0.2) is 0 Å². The first-order valence-electron chi connectivity index (χ1n) is 7.18. The van der Waals surface area contributed by atoms with Crippen molar-refractivity contribution in [3.05, 3.63) is 34.4 Å². The fraction of sp³-hybridized carbons (Fsp3) is 0.438. The van der Waals surface area contributed by atoms with E-state index in [1.165, 1.54) is 25.7 Å². The third-order valence-corrected chi connectivity index (χ3v) is 5.12. The van der Waals surface area contributed by atoms with E-state index >= 15 is 0 Å². The molecule has 1 aliphatic carbocycles. The second kappa shape index (κ2) is 5.24. The molecule has 2 N–H and O–H groups in total. The Kier molecular flexibility index (Phi) is 3.59. The van der Waals surface area contributed by atoms with E-state index in [9.17, 15) is 0 Å². The van der Waals surface area contributed by atoms with E-state index in [-0.39, 0.29) is 5.41 Å². The summed E-state index contributed by atoms with van der Waals surface area (Å²) in [4.78, 5) is 0. The maximum atomic E-state index is 6.05. The summed E-state index contributed by atoms with van der Waals surface area (Å²) < 4.78 is 6.39. The molecule has 1 fully saturated rings. The molecule has 1 saturated carbocycles. The van der Waals surface area contributed by atoms with Gasteiger partial charge < -0.3 is 10.3 Å². The van der Waals surface area contributed by atoms with Crippen LogP contribution in [0.15, 0.2) is 33.3 Å². The number of benzene rings is 1. The molecule has 0 bridgehead atoms. The van der Waals surface area contributed by atoms with Crippen LogP contribution in [-0.2, 0) is 5.41 Å². The number of hydrogen-bond donors (Lipinski definition) is 1. The largest absolute Gasteiger partial charge is 0.367 e. The van der Waals surface area contributed by atoms with E-state index < -0.39 is 0 Å². The first-order chi connectivity index (χ1) is 9.66. The van der Waals surface area contributed by atoms with Crippen LogP contribution in [0.5, 0.6) is 0 Å². The van der Waals surface area contributed by atoms with Crippen LogP contribution in [0.4, 0.5) is 5.88 Å². The minimum Gasteiger partial charge on any atom is -0.367 e. The smallest absolute Gasteiger partial charge is 0.230 e. The van der Waals surface area contributed by atoms with E-state index in [0.29, 0.717) is 5.88 Å². The zero-order chi connectivity index (χ0) is 14.2. The molecule has 1 aromatic heterocycles. The average Bonchev–Trinajstić information content (AvgIpc) is 3.07. The van der Waals surface area contributed by atoms with Gasteiger partial charge in [0.2, 0.25) is 5.88 Å². The second-order valence-corrected chi connectivity index (χ2v) is 6.53. The SMILES string of the molecule is CCC1(c2noc(N)c2-c2ccc(Br)cc2)CCCC1. The molecule has 0 spiro atoms. The summed E-state index contributed by atoms with van der Waals surface area (Å²) in [7, 11) is 0. The molecule has 4 heteroatoms. The number of nitrogens with two attached hydrogens (primary N) is 1. The molecule has 20 heavy (non-hydrogen) atoms. The Morgan fingerprint density at radius 2 is 1.90 bits per heavy atom. The van der Waals surface area contributed by atoms with Crippen LogP contribution in [0.2, 0.25) is 0 Å². The van der Waals surface area contributed by atoms with Gasteiger partial charge in [-0.3, -0.25) is 0 Å². The Morgan fingerprint density at radius 3 is 2.50 bits per heavy atom. The lowest BCUT2D eigenvalue weighted by molar-refractivity contribution is 0.361. The first-order valence-corrected chi connectivity index (χ1v) is 7.97. The van der Waals surface area contributed by atoms with Gasteiger partial charge in [0.05, 0.1) is 11.3 Å². The number of halogens is 1. The molecule has 1 aromatic carbocycles. The number of rotatable bonds is 3. The van der Waals surface area contributed by atoms with Crippen molar-refractivity contribution in [2.24, 2.45) is 0 Å². The highest BCUT2D eigenvalue weighted by molar-refractivity contribution is 9.10. The van der Waals surface area contributed by atoms with Crippen LogP contribution in [-0.4, -0.2) is 5.16 Å². The molecule has 3 rings (SSSR count). The fourth-order valence-electron chi connectivity index (χ4n) is 3.37. The van der Waals surface area contributed by atoms with Gasteiger partial charge in [-0.15, -0.1) is 0 Å². The lowest BCUT2D eigenvalue weighted by Crippen LogP contribution is -2.22. The molecule has 1 aliphatic rings. The van der Waals surface area contributed by atoms with Crippen molar-refractivity contribution < 1.29 is 4.52 Å². The Labute approximate surface area is 127 Å². The third-order valence-electron chi connectivity index (χ3n) is 4.59. The van der Waals surface area contributed by atoms with E-state index in [0.717, 1.165) is 27.7 Å². The van der Waals surface area contributed by atoms with Gasteiger partial charge in [-0.05, 0) is 37.0 Å². The number of nitrogen functional groups attached to an aromatic ring is 1. The predicted octanol–water partition coefficient (Wildman–Crippen LogP) is 4.91. The topological polar surface area (TPSA) is 52.0 Å². The van der Waals surface area contributed by atoms with E-state index in [4.69, 9.17) is 10.3 Å². The second-order valence-electron chi connectivity index (χ2n) is 5.62. The van der Waals surface area contributed by atoms with Crippen molar-refractivity contribution in [1.29, 1.82) is 0 Å². The van der Waals surface area contributed by atoms with Crippen molar-refractivity contribution in [3.63, 3.8) is 0 Å². The summed E-state index contributed by atoms with van der Waals surface area (Å²) in [5.41, 5.74) is 9.32. The summed E-state index contributed by atoms with van der Waals surface area (Å²) in [5, 5.41) is 4.33. The van der Waals surface area contributed by atoms with Gasteiger partial charge in [0.25, 0.3) is 0 Å². The lowest BCUT2D eigenvalue weighted by atomic mass is 9.77. The molecule has 0 atom stereocenters. The van der Waals surface area contributed by atoms with Crippen molar-refractivity contribution in [2.45, 2.75) is 44.4 Å². The molecule has 3 nitrogen and oxygen atoms in total. The number of aromatic nitrogens is 1. The molecule has 0 unspecified atom stereocenters. The molecule has 106 valence electrons. The summed E-state index contributed by atoms with van der Waals surface area (Å²) in [5.74, 6) is 0.432. The van der Waals surface area contributed by atoms with Crippen LogP contribution in [0, 0.1) is 0 Å². The number of nitrogens with zero attached hydrogens (tertiary/aromatic N) is 1. The summed E-state index contributed by atoms with van der Waals surface area (Å²) >= 11 is 3.47. The quantitative estimate of drug-likeness (QED) is 0.867. The monoisotopic (exact) mass is 334 g/mol. The van der Waals surface area contributed by atoms with Crippen LogP contribution < -0.4 is 5.73 Å².